The van der Waals surface area contributed by atoms with Crippen LogP contribution in [0, 0.1) is 0 Å². The first-order valence-corrected chi connectivity index (χ1v) is 8.28. The van der Waals surface area contributed by atoms with E-state index in [1.807, 2.05) is 17.5 Å². The highest BCUT2D eigenvalue weighted by atomic mass is 32.2. The molecule has 1 aromatic carbocycles. The SMILES string of the molecule is CNc1ccccc1S(=O)(=O)NCCc1cccs1. The summed E-state index contributed by atoms with van der Waals surface area (Å²) in [6.45, 7) is 0.404. The third-order valence-electron chi connectivity index (χ3n) is 2.69. The largest absolute Gasteiger partial charge is 0.387 e. The first-order chi connectivity index (χ1) is 9.13. The Labute approximate surface area is 117 Å². The fourth-order valence-corrected chi connectivity index (χ4v) is 3.70. The normalized spacial score (nSPS) is 11.4. The second kappa shape index (κ2) is 6.18. The van der Waals surface area contributed by atoms with Gasteiger partial charge in [0.05, 0.1) is 5.69 Å². The van der Waals surface area contributed by atoms with Crippen molar-refractivity contribution in [3.63, 3.8) is 0 Å². The van der Waals surface area contributed by atoms with Crippen LogP contribution in [0.2, 0.25) is 0 Å². The number of sulfonamides is 1. The maximum absolute atomic E-state index is 12.2. The molecular formula is C13H16N2O2S2. The second-order valence-corrected chi connectivity index (χ2v) is 6.74. The van der Waals surface area contributed by atoms with Gasteiger partial charge in [-0.25, -0.2) is 13.1 Å². The summed E-state index contributed by atoms with van der Waals surface area (Å²) in [6.07, 6.45) is 0.707. The van der Waals surface area contributed by atoms with Crippen molar-refractivity contribution >= 4 is 27.0 Å². The minimum absolute atomic E-state index is 0.281. The molecule has 4 nitrogen and oxygen atoms in total. The van der Waals surface area contributed by atoms with Gasteiger partial charge < -0.3 is 5.32 Å². The van der Waals surface area contributed by atoms with Crippen LogP contribution in [0.15, 0.2) is 46.7 Å². The van der Waals surface area contributed by atoms with E-state index in [4.69, 9.17) is 0 Å². The van der Waals surface area contributed by atoms with Crippen LogP contribution in [0.5, 0.6) is 0 Å². The lowest BCUT2D eigenvalue weighted by Gasteiger charge is -2.10. The first kappa shape index (κ1) is 14.0. The highest BCUT2D eigenvalue weighted by Crippen LogP contribution is 2.19. The molecule has 0 saturated carbocycles. The van der Waals surface area contributed by atoms with Crippen molar-refractivity contribution < 1.29 is 8.42 Å². The number of para-hydroxylation sites is 1. The van der Waals surface area contributed by atoms with Gasteiger partial charge in [0.15, 0.2) is 0 Å². The number of benzene rings is 1. The Balaban J connectivity index is 2.05. The predicted octanol–water partition coefficient (Wildman–Crippen LogP) is 2.31. The summed E-state index contributed by atoms with van der Waals surface area (Å²) in [5, 5.41) is 4.87. The molecule has 0 fully saturated rings. The van der Waals surface area contributed by atoms with E-state index in [1.165, 1.54) is 4.88 Å². The molecular weight excluding hydrogens is 280 g/mol. The molecule has 2 aromatic rings. The average molecular weight is 296 g/mol. The van der Waals surface area contributed by atoms with Crippen LogP contribution >= 0.6 is 11.3 Å². The van der Waals surface area contributed by atoms with Crippen molar-refractivity contribution in [1.29, 1.82) is 0 Å². The van der Waals surface area contributed by atoms with E-state index >= 15 is 0 Å². The van der Waals surface area contributed by atoms with Crippen LogP contribution in [-0.2, 0) is 16.4 Å². The molecule has 1 aromatic heterocycles. The van der Waals surface area contributed by atoms with Gasteiger partial charge in [-0.2, -0.15) is 0 Å². The van der Waals surface area contributed by atoms with E-state index in [0.717, 1.165) is 0 Å². The van der Waals surface area contributed by atoms with E-state index in [0.29, 0.717) is 18.7 Å². The van der Waals surface area contributed by atoms with Crippen LogP contribution in [0.1, 0.15) is 4.88 Å². The van der Waals surface area contributed by atoms with Gasteiger partial charge in [0.2, 0.25) is 10.0 Å². The summed E-state index contributed by atoms with van der Waals surface area (Å²) in [7, 11) is -1.76. The fourth-order valence-electron chi connectivity index (χ4n) is 1.75. The molecule has 0 aliphatic carbocycles. The van der Waals surface area contributed by atoms with Crippen molar-refractivity contribution in [3.05, 3.63) is 46.7 Å². The Kier molecular flexibility index (Phi) is 4.57. The lowest BCUT2D eigenvalue weighted by molar-refractivity contribution is 0.582. The summed E-state index contributed by atoms with van der Waals surface area (Å²) >= 11 is 1.63. The highest BCUT2D eigenvalue weighted by Gasteiger charge is 2.16. The van der Waals surface area contributed by atoms with E-state index < -0.39 is 10.0 Å². The van der Waals surface area contributed by atoms with E-state index in [-0.39, 0.29) is 4.90 Å². The van der Waals surface area contributed by atoms with Gasteiger partial charge in [0.25, 0.3) is 0 Å². The maximum atomic E-state index is 12.2. The van der Waals surface area contributed by atoms with Crippen molar-refractivity contribution in [2.24, 2.45) is 0 Å². The van der Waals surface area contributed by atoms with Crippen molar-refractivity contribution in [3.8, 4) is 0 Å². The van der Waals surface area contributed by atoms with Gasteiger partial charge in [-0.3, -0.25) is 0 Å². The van der Waals surface area contributed by atoms with Crippen LogP contribution in [0.4, 0.5) is 5.69 Å². The Bertz CT molecular complexity index is 622. The van der Waals surface area contributed by atoms with E-state index in [2.05, 4.69) is 10.0 Å². The molecule has 19 heavy (non-hydrogen) atoms. The fraction of sp³-hybridized carbons (Fsp3) is 0.231. The standard InChI is InChI=1S/C13H16N2O2S2/c1-14-12-6-2-3-7-13(12)19(16,17)15-9-8-11-5-4-10-18-11/h2-7,10,14-15H,8-9H2,1H3. The molecule has 1 heterocycles. The number of hydrogen-bond donors (Lipinski definition) is 2. The zero-order valence-electron chi connectivity index (χ0n) is 10.6. The Morgan fingerprint density at radius 2 is 1.95 bits per heavy atom. The molecule has 0 bridgehead atoms. The zero-order valence-corrected chi connectivity index (χ0v) is 12.2. The summed E-state index contributed by atoms with van der Waals surface area (Å²) in [4.78, 5) is 1.45. The number of rotatable bonds is 6. The Hall–Kier alpha value is -1.37. The predicted molar refractivity (Wildman–Crippen MR) is 79.2 cm³/mol. The van der Waals surface area contributed by atoms with E-state index in [9.17, 15) is 8.42 Å². The van der Waals surface area contributed by atoms with Crippen LogP contribution < -0.4 is 10.0 Å². The Morgan fingerprint density at radius 1 is 1.16 bits per heavy atom. The molecule has 0 aliphatic heterocycles. The zero-order chi connectivity index (χ0) is 13.7. The molecule has 0 spiro atoms. The van der Waals surface area contributed by atoms with Gasteiger partial charge >= 0.3 is 0 Å². The lowest BCUT2D eigenvalue weighted by Crippen LogP contribution is -2.26. The quantitative estimate of drug-likeness (QED) is 0.860. The molecule has 0 aliphatic rings. The number of hydrogen-bond acceptors (Lipinski definition) is 4. The highest BCUT2D eigenvalue weighted by molar-refractivity contribution is 7.89. The van der Waals surface area contributed by atoms with Gasteiger partial charge in [0.1, 0.15) is 4.90 Å². The summed E-state index contributed by atoms with van der Waals surface area (Å²) in [6, 6.07) is 10.8. The number of thiophene rings is 1. The molecule has 2 N–H and O–H groups in total. The average Bonchev–Trinajstić information content (AvgIpc) is 2.91. The summed E-state index contributed by atoms with van der Waals surface area (Å²) in [5.41, 5.74) is 0.603. The molecule has 0 atom stereocenters. The molecule has 0 radical (unpaired) electrons. The summed E-state index contributed by atoms with van der Waals surface area (Å²) in [5.74, 6) is 0. The minimum Gasteiger partial charge on any atom is -0.387 e. The molecule has 0 amide bonds. The van der Waals surface area contributed by atoms with Crippen LogP contribution in [0.3, 0.4) is 0 Å². The maximum Gasteiger partial charge on any atom is 0.242 e. The van der Waals surface area contributed by atoms with Crippen LogP contribution in [-0.4, -0.2) is 22.0 Å². The first-order valence-electron chi connectivity index (χ1n) is 5.92. The van der Waals surface area contributed by atoms with Gasteiger partial charge in [-0.1, -0.05) is 18.2 Å². The topological polar surface area (TPSA) is 58.2 Å². The number of anilines is 1. The van der Waals surface area contributed by atoms with E-state index in [1.54, 1.807) is 42.6 Å². The molecule has 0 saturated heterocycles. The number of nitrogens with one attached hydrogen (secondary N) is 2. The van der Waals surface area contributed by atoms with Crippen molar-refractivity contribution in [1.82, 2.24) is 4.72 Å². The third-order valence-corrected chi connectivity index (χ3v) is 5.14. The van der Waals surface area contributed by atoms with Crippen molar-refractivity contribution in [2.75, 3.05) is 18.9 Å². The molecule has 6 heteroatoms. The lowest BCUT2D eigenvalue weighted by atomic mass is 10.3. The Morgan fingerprint density at radius 3 is 2.63 bits per heavy atom. The smallest absolute Gasteiger partial charge is 0.242 e. The third kappa shape index (κ3) is 3.56. The van der Waals surface area contributed by atoms with Crippen molar-refractivity contribution in [2.45, 2.75) is 11.3 Å². The summed E-state index contributed by atoms with van der Waals surface area (Å²) < 4.78 is 27.0. The second-order valence-electron chi connectivity index (χ2n) is 3.97. The van der Waals surface area contributed by atoms with Gasteiger partial charge in [-0.15, -0.1) is 11.3 Å². The van der Waals surface area contributed by atoms with Gasteiger partial charge in [0, 0.05) is 18.5 Å². The molecule has 2 rings (SSSR count). The molecule has 0 unspecified atom stereocenters. The van der Waals surface area contributed by atoms with Crippen LogP contribution in [0.25, 0.3) is 0 Å². The van der Waals surface area contributed by atoms with Gasteiger partial charge in [-0.05, 0) is 30.0 Å². The minimum atomic E-state index is -3.46. The molecule has 102 valence electrons. The monoisotopic (exact) mass is 296 g/mol.